The number of carbonyl (C=O) groups excluding carboxylic acids is 2. The zero-order valence-electron chi connectivity index (χ0n) is 12.6. The van der Waals surface area contributed by atoms with E-state index >= 15 is 0 Å². The first-order valence-corrected chi connectivity index (χ1v) is 8.57. The number of fused-ring (bicyclic) bond motifs is 1. The van der Waals surface area contributed by atoms with Crippen molar-refractivity contribution in [3.05, 3.63) is 21.4 Å². The topological polar surface area (TPSA) is 55.4 Å². The van der Waals surface area contributed by atoms with E-state index in [1.807, 2.05) is 6.07 Å². The van der Waals surface area contributed by atoms with Crippen LogP contribution in [0.4, 0.5) is 0 Å². The number of nitrogens with one attached hydrogen (secondary N) is 1. The maximum absolute atomic E-state index is 12.1. The average molecular weight is 309 g/mol. The fraction of sp³-hybridized carbons (Fsp3) is 0.625. The SMILES string of the molecule is CCOC(=O)CCNC(=O)c1cc2c(s1)CCCCCC2. The van der Waals surface area contributed by atoms with E-state index in [0.717, 1.165) is 17.7 Å². The summed E-state index contributed by atoms with van der Waals surface area (Å²) in [6.45, 7) is 2.49. The van der Waals surface area contributed by atoms with Crippen molar-refractivity contribution in [3.63, 3.8) is 0 Å². The number of rotatable bonds is 5. The third kappa shape index (κ3) is 4.84. The van der Waals surface area contributed by atoms with Crippen molar-refractivity contribution < 1.29 is 14.3 Å². The lowest BCUT2D eigenvalue weighted by atomic mass is 10.00. The molecule has 0 unspecified atom stereocenters. The zero-order valence-corrected chi connectivity index (χ0v) is 13.4. The van der Waals surface area contributed by atoms with Crippen LogP contribution in [0, 0.1) is 0 Å². The minimum absolute atomic E-state index is 0.0731. The molecule has 21 heavy (non-hydrogen) atoms. The third-order valence-corrected chi connectivity index (χ3v) is 4.88. The van der Waals surface area contributed by atoms with Crippen LogP contribution in [-0.4, -0.2) is 25.0 Å². The monoisotopic (exact) mass is 309 g/mol. The van der Waals surface area contributed by atoms with Gasteiger partial charge in [0, 0.05) is 11.4 Å². The highest BCUT2D eigenvalue weighted by Crippen LogP contribution is 2.28. The van der Waals surface area contributed by atoms with Crippen molar-refractivity contribution in [1.29, 1.82) is 0 Å². The lowest BCUT2D eigenvalue weighted by Crippen LogP contribution is -2.25. The molecule has 0 fully saturated rings. The highest BCUT2D eigenvalue weighted by Gasteiger charge is 2.15. The Morgan fingerprint density at radius 3 is 2.76 bits per heavy atom. The Morgan fingerprint density at radius 1 is 1.24 bits per heavy atom. The maximum atomic E-state index is 12.1. The van der Waals surface area contributed by atoms with E-state index in [1.54, 1.807) is 18.3 Å². The quantitative estimate of drug-likeness (QED) is 0.850. The van der Waals surface area contributed by atoms with Crippen molar-refractivity contribution in [2.75, 3.05) is 13.2 Å². The van der Waals surface area contributed by atoms with Crippen molar-refractivity contribution in [2.45, 2.75) is 51.9 Å². The van der Waals surface area contributed by atoms with Gasteiger partial charge >= 0.3 is 5.97 Å². The predicted molar refractivity (Wildman–Crippen MR) is 83.8 cm³/mol. The molecular formula is C16H23NO3S. The molecule has 1 aliphatic carbocycles. The number of carbonyl (C=O) groups is 2. The van der Waals surface area contributed by atoms with Crippen LogP contribution in [0.5, 0.6) is 0 Å². The molecule has 1 aromatic rings. The molecule has 4 nitrogen and oxygen atoms in total. The standard InChI is InChI=1S/C16H23NO3S/c1-2-20-15(18)9-10-17-16(19)14-11-12-7-5-3-4-6-8-13(12)21-14/h11H,2-10H2,1H3,(H,17,19). The summed E-state index contributed by atoms with van der Waals surface area (Å²) in [6, 6.07) is 2.03. The molecule has 1 aliphatic rings. The molecular weight excluding hydrogens is 286 g/mol. The van der Waals surface area contributed by atoms with Crippen molar-refractivity contribution in [1.82, 2.24) is 5.32 Å². The summed E-state index contributed by atoms with van der Waals surface area (Å²) >= 11 is 1.61. The highest BCUT2D eigenvalue weighted by atomic mass is 32.1. The van der Waals surface area contributed by atoms with E-state index in [4.69, 9.17) is 4.74 Å². The van der Waals surface area contributed by atoms with E-state index in [-0.39, 0.29) is 18.3 Å². The van der Waals surface area contributed by atoms with Gasteiger partial charge in [0.25, 0.3) is 5.91 Å². The van der Waals surface area contributed by atoms with Gasteiger partial charge in [-0.05, 0) is 44.2 Å². The fourth-order valence-electron chi connectivity index (χ4n) is 2.55. The van der Waals surface area contributed by atoms with Crippen LogP contribution in [0.2, 0.25) is 0 Å². The number of aryl methyl sites for hydroxylation is 2. The van der Waals surface area contributed by atoms with Crippen LogP contribution in [-0.2, 0) is 22.4 Å². The molecule has 0 aromatic carbocycles. The first-order chi connectivity index (χ1) is 10.2. The second kappa shape index (κ2) is 8.17. The Labute approximate surface area is 129 Å². The van der Waals surface area contributed by atoms with Gasteiger partial charge in [0.05, 0.1) is 17.9 Å². The third-order valence-electron chi connectivity index (χ3n) is 3.64. The van der Waals surface area contributed by atoms with Crippen molar-refractivity contribution >= 4 is 23.2 Å². The van der Waals surface area contributed by atoms with Crippen molar-refractivity contribution in [3.8, 4) is 0 Å². The van der Waals surface area contributed by atoms with E-state index in [2.05, 4.69) is 5.32 Å². The van der Waals surface area contributed by atoms with Crippen LogP contribution < -0.4 is 5.32 Å². The van der Waals surface area contributed by atoms with Crippen LogP contribution >= 0.6 is 11.3 Å². The number of hydrogen-bond acceptors (Lipinski definition) is 4. The predicted octanol–water partition coefficient (Wildman–Crippen LogP) is 3.09. The second-order valence-electron chi connectivity index (χ2n) is 5.28. The minimum Gasteiger partial charge on any atom is -0.466 e. The van der Waals surface area contributed by atoms with Crippen LogP contribution in [0.25, 0.3) is 0 Å². The molecule has 2 rings (SSSR count). The summed E-state index contributed by atoms with van der Waals surface area (Å²) in [5, 5.41) is 2.80. The molecule has 0 saturated heterocycles. The van der Waals surface area contributed by atoms with Gasteiger partial charge in [-0.3, -0.25) is 9.59 Å². The Balaban J connectivity index is 1.87. The van der Waals surface area contributed by atoms with Gasteiger partial charge < -0.3 is 10.1 Å². The summed E-state index contributed by atoms with van der Waals surface area (Å²) in [4.78, 5) is 25.5. The minimum atomic E-state index is -0.267. The average Bonchev–Trinajstić information content (AvgIpc) is 2.81. The molecule has 0 spiro atoms. The van der Waals surface area contributed by atoms with E-state index in [0.29, 0.717) is 13.2 Å². The molecule has 0 aliphatic heterocycles. The Kier molecular flexibility index (Phi) is 6.23. The normalized spacial score (nSPS) is 14.7. The Hall–Kier alpha value is -1.36. The zero-order chi connectivity index (χ0) is 15.1. The fourth-order valence-corrected chi connectivity index (χ4v) is 3.72. The molecule has 5 heteroatoms. The first kappa shape index (κ1) is 16.0. The second-order valence-corrected chi connectivity index (χ2v) is 6.42. The summed E-state index contributed by atoms with van der Waals surface area (Å²) in [7, 11) is 0. The smallest absolute Gasteiger partial charge is 0.307 e. The van der Waals surface area contributed by atoms with Gasteiger partial charge in [-0.25, -0.2) is 0 Å². The maximum Gasteiger partial charge on any atom is 0.307 e. The molecule has 1 aromatic heterocycles. The van der Waals surface area contributed by atoms with E-state index < -0.39 is 0 Å². The van der Waals surface area contributed by atoms with Crippen LogP contribution in [0.15, 0.2) is 6.07 Å². The van der Waals surface area contributed by atoms with Gasteiger partial charge in [-0.1, -0.05) is 12.8 Å². The number of ether oxygens (including phenoxy) is 1. The van der Waals surface area contributed by atoms with Gasteiger partial charge in [-0.15, -0.1) is 11.3 Å². The largest absolute Gasteiger partial charge is 0.466 e. The molecule has 1 amide bonds. The van der Waals surface area contributed by atoms with E-state index in [9.17, 15) is 9.59 Å². The summed E-state index contributed by atoms with van der Waals surface area (Å²) in [5.41, 5.74) is 1.34. The molecule has 0 atom stereocenters. The molecule has 0 bridgehead atoms. The highest BCUT2D eigenvalue weighted by molar-refractivity contribution is 7.14. The lowest BCUT2D eigenvalue weighted by Gasteiger charge is -2.07. The summed E-state index contributed by atoms with van der Waals surface area (Å²) in [5.74, 6) is -0.340. The van der Waals surface area contributed by atoms with Crippen LogP contribution in [0.1, 0.15) is 59.1 Å². The van der Waals surface area contributed by atoms with Crippen molar-refractivity contribution in [2.24, 2.45) is 0 Å². The number of hydrogen-bond donors (Lipinski definition) is 1. The van der Waals surface area contributed by atoms with Gasteiger partial charge in [0.1, 0.15) is 0 Å². The van der Waals surface area contributed by atoms with Gasteiger partial charge in [0.2, 0.25) is 0 Å². The summed E-state index contributed by atoms with van der Waals surface area (Å²) in [6.07, 6.45) is 7.42. The van der Waals surface area contributed by atoms with Gasteiger partial charge in [-0.2, -0.15) is 0 Å². The summed E-state index contributed by atoms with van der Waals surface area (Å²) < 4.78 is 4.84. The Bertz CT molecular complexity index is 470. The lowest BCUT2D eigenvalue weighted by molar-refractivity contribution is -0.142. The number of thiophene rings is 1. The molecule has 0 radical (unpaired) electrons. The molecule has 116 valence electrons. The van der Waals surface area contributed by atoms with E-state index in [1.165, 1.54) is 36.1 Å². The van der Waals surface area contributed by atoms with Gasteiger partial charge in [0.15, 0.2) is 0 Å². The number of esters is 1. The molecule has 1 heterocycles. The molecule has 1 N–H and O–H groups in total. The Morgan fingerprint density at radius 2 is 2.00 bits per heavy atom. The molecule has 0 saturated carbocycles. The first-order valence-electron chi connectivity index (χ1n) is 7.76. The number of amides is 1. The van der Waals surface area contributed by atoms with Crippen LogP contribution in [0.3, 0.4) is 0 Å².